The van der Waals surface area contributed by atoms with Crippen molar-refractivity contribution in [1.29, 1.82) is 10.5 Å². The summed E-state index contributed by atoms with van der Waals surface area (Å²) < 4.78 is 5.43. The molecule has 186 valence electrons. The first-order valence-corrected chi connectivity index (χ1v) is 13.0. The van der Waals surface area contributed by atoms with Crippen molar-refractivity contribution in [3.63, 3.8) is 0 Å². The van der Waals surface area contributed by atoms with Crippen molar-refractivity contribution in [2.75, 3.05) is 7.11 Å². The Kier molecular flexibility index (Phi) is 6.06. The molecule has 0 radical (unpaired) electrons. The molecule has 38 heavy (non-hydrogen) atoms. The van der Waals surface area contributed by atoms with Crippen molar-refractivity contribution >= 4 is 11.9 Å². The Morgan fingerprint density at radius 3 is 2.26 bits per heavy atom. The highest BCUT2D eigenvalue weighted by Crippen LogP contribution is 2.59. The third-order valence-corrected chi connectivity index (χ3v) is 8.17. The fourth-order valence-corrected chi connectivity index (χ4v) is 6.42. The van der Waals surface area contributed by atoms with Crippen LogP contribution in [0.25, 0.3) is 6.08 Å². The SMILES string of the molecule is COc1ccc([C@@H]2[C@H](C(=C(C#N)C#N)C3CC3)[C@@H]3c4ccccc4C=CN3[C@H]2C(=O)c2ccccc2)cc1. The Balaban J connectivity index is 1.62. The van der Waals surface area contributed by atoms with E-state index in [0.29, 0.717) is 5.56 Å². The second-order valence-corrected chi connectivity index (χ2v) is 10.2. The average Bonchev–Trinajstić information content (AvgIpc) is 3.76. The lowest BCUT2D eigenvalue weighted by molar-refractivity contribution is 0.0874. The number of nitriles is 2. The van der Waals surface area contributed by atoms with E-state index in [1.807, 2.05) is 72.9 Å². The van der Waals surface area contributed by atoms with E-state index in [1.54, 1.807) is 7.11 Å². The summed E-state index contributed by atoms with van der Waals surface area (Å²) in [6.07, 6.45) is 6.02. The van der Waals surface area contributed by atoms with Crippen molar-refractivity contribution in [3.8, 4) is 17.9 Å². The van der Waals surface area contributed by atoms with Gasteiger partial charge in [0.25, 0.3) is 0 Å². The van der Waals surface area contributed by atoms with Crippen LogP contribution in [0.2, 0.25) is 0 Å². The quantitative estimate of drug-likeness (QED) is 0.289. The van der Waals surface area contributed by atoms with Gasteiger partial charge in [0.15, 0.2) is 5.78 Å². The zero-order valence-electron chi connectivity index (χ0n) is 21.1. The normalized spacial score (nSPS) is 23.0. The lowest BCUT2D eigenvalue weighted by Crippen LogP contribution is -2.37. The minimum atomic E-state index is -0.502. The molecule has 1 saturated heterocycles. The van der Waals surface area contributed by atoms with E-state index in [4.69, 9.17) is 4.74 Å². The molecule has 0 aromatic heterocycles. The molecule has 0 bridgehead atoms. The van der Waals surface area contributed by atoms with Crippen molar-refractivity contribution < 1.29 is 9.53 Å². The van der Waals surface area contributed by atoms with E-state index in [9.17, 15) is 15.3 Å². The highest BCUT2D eigenvalue weighted by atomic mass is 16.5. The molecule has 2 fully saturated rings. The zero-order chi connectivity index (χ0) is 26.2. The van der Waals surface area contributed by atoms with Gasteiger partial charge in [0.2, 0.25) is 0 Å². The fraction of sp³-hybridized carbons (Fsp3) is 0.242. The van der Waals surface area contributed by atoms with Gasteiger partial charge in [-0.05, 0) is 59.2 Å². The molecule has 1 saturated carbocycles. The van der Waals surface area contributed by atoms with Crippen molar-refractivity contribution in [2.24, 2.45) is 11.8 Å². The topological polar surface area (TPSA) is 77.1 Å². The third-order valence-electron chi connectivity index (χ3n) is 8.17. The summed E-state index contributed by atoms with van der Waals surface area (Å²) in [6, 6.07) is 29.3. The number of carbonyl (C=O) groups excluding carboxylic acids is 1. The number of Topliss-reactive ketones (excluding diaryl/α,β-unsaturated/α-hetero) is 1. The number of ketones is 1. The van der Waals surface area contributed by atoms with E-state index in [-0.39, 0.29) is 35.2 Å². The first-order chi connectivity index (χ1) is 18.7. The van der Waals surface area contributed by atoms with E-state index in [0.717, 1.165) is 40.9 Å². The zero-order valence-corrected chi connectivity index (χ0v) is 21.1. The van der Waals surface area contributed by atoms with Gasteiger partial charge in [-0.25, -0.2) is 0 Å². The maximum absolute atomic E-state index is 14.3. The minimum absolute atomic E-state index is 0.0357. The number of rotatable bonds is 6. The molecule has 0 amide bonds. The van der Waals surface area contributed by atoms with Crippen molar-refractivity contribution in [3.05, 3.63) is 118 Å². The number of ether oxygens (including phenoxy) is 1. The molecule has 0 N–H and O–H groups in total. The van der Waals surface area contributed by atoms with E-state index >= 15 is 0 Å². The minimum Gasteiger partial charge on any atom is -0.497 e. The lowest BCUT2D eigenvalue weighted by Gasteiger charge is -2.35. The number of hydrogen-bond donors (Lipinski definition) is 0. The summed E-state index contributed by atoms with van der Waals surface area (Å²) in [5.41, 5.74) is 4.97. The molecule has 3 aromatic rings. The molecule has 4 atom stereocenters. The van der Waals surface area contributed by atoms with Crippen LogP contribution in [0.5, 0.6) is 5.75 Å². The predicted molar refractivity (Wildman–Crippen MR) is 145 cm³/mol. The Hall–Kier alpha value is -4.61. The lowest BCUT2D eigenvalue weighted by atomic mass is 9.72. The molecule has 2 aliphatic heterocycles. The van der Waals surface area contributed by atoms with Crippen LogP contribution >= 0.6 is 0 Å². The Morgan fingerprint density at radius 1 is 0.921 bits per heavy atom. The number of methoxy groups -OCH3 is 1. The summed E-state index contributed by atoms with van der Waals surface area (Å²) in [4.78, 5) is 16.5. The largest absolute Gasteiger partial charge is 0.497 e. The van der Waals surface area contributed by atoms with Crippen LogP contribution in [0, 0.1) is 34.5 Å². The molecular formula is C33H27N3O2. The Labute approximate surface area is 222 Å². The molecule has 5 nitrogen and oxygen atoms in total. The smallest absolute Gasteiger partial charge is 0.185 e. The summed E-state index contributed by atoms with van der Waals surface area (Å²) >= 11 is 0. The molecule has 3 aromatic carbocycles. The van der Waals surface area contributed by atoms with Crippen LogP contribution in [0.15, 0.2) is 96.2 Å². The highest BCUT2D eigenvalue weighted by molar-refractivity contribution is 6.01. The van der Waals surface area contributed by atoms with Gasteiger partial charge < -0.3 is 9.64 Å². The van der Waals surface area contributed by atoms with Gasteiger partial charge in [0.05, 0.1) is 19.2 Å². The average molecular weight is 498 g/mol. The third kappa shape index (κ3) is 3.88. The second kappa shape index (κ2) is 9.69. The summed E-state index contributed by atoms with van der Waals surface area (Å²) in [5, 5.41) is 20.1. The standard InChI is InChI=1S/C33H27N3O2/c1-38-26-15-13-23(14-16-26)29-30(28(22-11-12-22)25(19-34)20-35)31-27-10-6-5-7-21(27)17-18-36(31)32(29)33(37)24-8-3-2-4-9-24/h2-10,13-18,22,29-32H,11-12H2,1H3/t29-,30+,31+,32-/m1/s1. The maximum atomic E-state index is 14.3. The number of hydrogen-bond acceptors (Lipinski definition) is 5. The van der Waals surface area contributed by atoms with Gasteiger partial charge >= 0.3 is 0 Å². The van der Waals surface area contributed by atoms with Crippen LogP contribution in [-0.2, 0) is 0 Å². The second-order valence-electron chi connectivity index (χ2n) is 10.2. The first-order valence-electron chi connectivity index (χ1n) is 13.0. The van der Waals surface area contributed by atoms with E-state index in [2.05, 4.69) is 35.2 Å². The molecule has 2 heterocycles. The van der Waals surface area contributed by atoms with Gasteiger partial charge in [0, 0.05) is 23.6 Å². The van der Waals surface area contributed by atoms with Gasteiger partial charge in [-0.15, -0.1) is 0 Å². The molecule has 0 spiro atoms. The van der Waals surface area contributed by atoms with Crippen LogP contribution in [-0.4, -0.2) is 23.8 Å². The first kappa shape index (κ1) is 23.8. The number of carbonyl (C=O) groups is 1. The molecule has 3 aliphatic rings. The number of fused-ring (bicyclic) bond motifs is 3. The highest BCUT2D eigenvalue weighted by Gasteiger charge is 2.56. The van der Waals surface area contributed by atoms with Crippen LogP contribution in [0.4, 0.5) is 0 Å². The number of benzene rings is 3. The molecule has 1 aliphatic carbocycles. The Bertz CT molecular complexity index is 1500. The molecule has 0 unspecified atom stereocenters. The van der Waals surface area contributed by atoms with Gasteiger partial charge in [-0.1, -0.05) is 66.7 Å². The van der Waals surface area contributed by atoms with Crippen LogP contribution in [0.1, 0.15) is 51.8 Å². The van der Waals surface area contributed by atoms with Crippen molar-refractivity contribution in [1.82, 2.24) is 4.90 Å². The predicted octanol–water partition coefficient (Wildman–Crippen LogP) is 6.44. The maximum Gasteiger partial charge on any atom is 0.185 e. The summed E-state index contributed by atoms with van der Waals surface area (Å²) in [6.45, 7) is 0. The fourth-order valence-electron chi connectivity index (χ4n) is 6.42. The van der Waals surface area contributed by atoms with E-state index < -0.39 is 6.04 Å². The van der Waals surface area contributed by atoms with Crippen molar-refractivity contribution in [2.45, 2.75) is 30.8 Å². The molecular weight excluding hydrogens is 470 g/mol. The molecule has 5 heteroatoms. The van der Waals surface area contributed by atoms with Gasteiger partial charge in [0.1, 0.15) is 23.5 Å². The summed E-state index contributed by atoms with van der Waals surface area (Å²) in [5.74, 6) is 0.481. The Morgan fingerprint density at radius 2 is 1.61 bits per heavy atom. The number of nitrogens with zero attached hydrogens (tertiary/aromatic N) is 3. The van der Waals surface area contributed by atoms with Crippen LogP contribution < -0.4 is 4.74 Å². The monoisotopic (exact) mass is 497 g/mol. The number of allylic oxidation sites excluding steroid dienone is 1. The van der Waals surface area contributed by atoms with Gasteiger partial charge in [-0.2, -0.15) is 10.5 Å². The summed E-state index contributed by atoms with van der Waals surface area (Å²) in [7, 11) is 1.64. The van der Waals surface area contributed by atoms with Gasteiger partial charge in [-0.3, -0.25) is 4.79 Å². The van der Waals surface area contributed by atoms with Crippen LogP contribution in [0.3, 0.4) is 0 Å². The molecule has 6 rings (SSSR count). The van der Waals surface area contributed by atoms with E-state index in [1.165, 1.54) is 0 Å².